The summed E-state index contributed by atoms with van der Waals surface area (Å²) in [6.07, 6.45) is 0.779. The van der Waals surface area contributed by atoms with Gasteiger partial charge in [-0.05, 0) is 75.7 Å². The molecule has 4 rings (SSSR count). The zero-order valence-corrected chi connectivity index (χ0v) is 22.0. The maximum absolute atomic E-state index is 13.8. The van der Waals surface area contributed by atoms with E-state index in [-0.39, 0.29) is 23.4 Å². The minimum absolute atomic E-state index is 0.187. The first kappa shape index (κ1) is 24.6. The molecule has 1 amide bonds. The van der Waals surface area contributed by atoms with Crippen molar-refractivity contribution in [2.75, 3.05) is 13.1 Å². The zero-order valence-electron chi connectivity index (χ0n) is 20.4. The molecule has 1 aromatic heterocycles. The molecule has 0 aliphatic carbocycles. The van der Waals surface area contributed by atoms with Gasteiger partial charge in [-0.15, -0.1) is 11.3 Å². The minimum Gasteiger partial charge on any atom is -0.330 e. The summed E-state index contributed by atoms with van der Waals surface area (Å²) in [6.45, 7) is 9.81. The van der Waals surface area contributed by atoms with E-state index in [1.807, 2.05) is 39.5 Å². The molecular formula is C27H32N2O3S2. The molecule has 34 heavy (non-hydrogen) atoms. The molecule has 0 saturated heterocycles. The standard InChI is InChI=1S/C27H32N2O3S2/c1-19-6-10-21(11-7-19)26-23-15-17-33-24(23)14-16-28(26)25(30)18-29(27(3,4)5)34(31,32)22-12-8-20(2)9-13-22/h6-13,15,17,26H,14,16,18H2,1-5H3. The molecule has 1 aliphatic rings. The number of rotatable bonds is 5. The van der Waals surface area contributed by atoms with Crippen LogP contribution in [0.25, 0.3) is 0 Å². The quantitative estimate of drug-likeness (QED) is 0.480. The molecule has 0 bridgehead atoms. The highest BCUT2D eigenvalue weighted by Crippen LogP contribution is 2.38. The first-order valence-electron chi connectivity index (χ1n) is 11.5. The molecule has 1 aliphatic heterocycles. The van der Waals surface area contributed by atoms with Crippen molar-refractivity contribution in [3.63, 3.8) is 0 Å². The summed E-state index contributed by atoms with van der Waals surface area (Å²) < 4.78 is 28.6. The Balaban J connectivity index is 1.69. The number of thiophene rings is 1. The van der Waals surface area contributed by atoms with Crippen LogP contribution in [0.2, 0.25) is 0 Å². The summed E-state index contributed by atoms with van der Waals surface area (Å²) >= 11 is 1.72. The third-order valence-corrected chi connectivity index (χ3v) is 9.44. The van der Waals surface area contributed by atoms with Crippen LogP contribution in [0, 0.1) is 13.8 Å². The number of hydrogen-bond acceptors (Lipinski definition) is 4. The number of carbonyl (C=O) groups excluding carboxylic acids is 1. The van der Waals surface area contributed by atoms with E-state index >= 15 is 0 Å². The van der Waals surface area contributed by atoms with Gasteiger partial charge in [0.15, 0.2) is 0 Å². The fourth-order valence-electron chi connectivity index (χ4n) is 4.43. The lowest BCUT2D eigenvalue weighted by molar-refractivity contribution is -0.134. The largest absolute Gasteiger partial charge is 0.330 e. The fourth-order valence-corrected chi connectivity index (χ4v) is 7.07. The molecule has 1 unspecified atom stereocenters. The number of carbonyl (C=O) groups is 1. The minimum atomic E-state index is -3.86. The van der Waals surface area contributed by atoms with Gasteiger partial charge in [-0.1, -0.05) is 47.5 Å². The van der Waals surface area contributed by atoms with E-state index in [1.54, 1.807) is 35.6 Å². The molecule has 1 atom stereocenters. The van der Waals surface area contributed by atoms with Gasteiger partial charge in [-0.3, -0.25) is 4.79 Å². The van der Waals surface area contributed by atoms with Gasteiger partial charge in [0.25, 0.3) is 0 Å². The summed E-state index contributed by atoms with van der Waals surface area (Å²) in [5.41, 5.74) is 3.56. The third kappa shape index (κ3) is 4.83. The van der Waals surface area contributed by atoms with Crippen LogP contribution in [-0.4, -0.2) is 42.2 Å². The van der Waals surface area contributed by atoms with E-state index in [0.717, 1.165) is 28.7 Å². The van der Waals surface area contributed by atoms with Crippen LogP contribution in [0.1, 0.15) is 53.9 Å². The molecule has 0 saturated carbocycles. The van der Waals surface area contributed by atoms with Crippen molar-refractivity contribution in [2.45, 2.75) is 57.5 Å². The second-order valence-corrected chi connectivity index (χ2v) is 12.8. The van der Waals surface area contributed by atoms with Gasteiger partial charge < -0.3 is 4.90 Å². The van der Waals surface area contributed by atoms with E-state index in [1.165, 1.54) is 9.18 Å². The first-order chi connectivity index (χ1) is 16.0. The zero-order chi connectivity index (χ0) is 24.7. The Morgan fingerprint density at radius 1 is 1.00 bits per heavy atom. The van der Waals surface area contributed by atoms with Gasteiger partial charge in [-0.2, -0.15) is 4.31 Å². The van der Waals surface area contributed by atoms with Crippen LogP contribution in [0.3, 0.4) is 0 Å². The van der Waals surface area contributed by atoms with Gasteiger partial charge in [0.1, 0.15) is 0 Å². The highest BCUT2D eigenvalue weighted by molar-refractivity contribution is 7.89. The van der Waals surface area contributed by atoms with Crippen molar-refractivity contribution < 1.29 is 13.2 Å². The first-order valence-corrected chi connectivity index (χ1v) is 13.8. The smallest absolute Gasteiger partial charge is 0.244 e. The lowest BCUT2D eigenvalue weighted by Crippen LogP contribution is -2.52. The Kier molecular flexibility index (Phi) is 6.73. The topological polar surface area (TPSA) is 57.7 Å². The number of amides is 1. The Bertz CT molecular complexity index is 1270. The fraction of sp³-hybridized carbons (Fsp3) is 0.370. The third-order valence-electron chi connectivity index (χ3n) is 6.32. The average Bonchev–Trinajstić information content (AvgIpc) is 3.25. The molecular weight excluding hydrogens is 464 g/mol. The predicted molar refractivity (Wildman–Crippen MR) is 138 cm³/mol. The maximum atomic E-state index is 13.8. The van der Waals surface area contributed by atoms with Crippen LogP contribution in [0.15, 0.2) is 64.9 Å². The number of fused-ring (bicyclic) bond motifs is 1. The van der Waals surface area contributed by atoms with E-state index in [9.17, 15) is 13.2 Å². The highest BCUT2D eigenvalue weighted by atomic mass is 32.2. The van der Waals surface area contributed by atoms with Crippen molar-refractivity contribution in [3.05, 3.63) is 87.1 Å². The predicted octanol–water partition coefficient (Wildman–Crippen LogP) is 5.33. The molecule has 0 N–H and O–H groups in total. The van der Waals surface area contributed by atoms with Crippen molar-refractivity contribution in [1.29, 1.82) is 0 Å². The summed E-state index contributed by atoms with van der Waals surface area (Å²) in [4.78, 5) is 17.1. The van der Waals surface area contributed by atoms with Crippen LogP contribution in [-0.2, 0) is 21.2 Å². The van der Waals surface area contributed by atoms with Gasteiger partial charge in [0.2, 0.25) is 15.9 Å². The molecule has 0 spiro atoms. The molecule has 0 radical (unpaired) electrons. The van der Waals surface area contributed by atoms with Crippen molar-refractivity contribution >= 4 is 27.3 Å². The summed E-state index contributed by atoms with van der Waals surface area (Å²) in [7, 11) is -3.86. The lowest BCUT2D eigenvalue weighted by Gasteiger charge is -2.40. The Morgan fingerprint density at radius 3 is 2.18 bits per heavy atom. The SMILES string of the molecule is Cc1ccc(C2c3ccsc3CCN2C(=O)CN(C(C)(C)C)S(=O)(=O)c2ccc(C)cc2)cc1. The summed E-state index contributed by atoms with van der Waals surface area (Å²) in [6, 6.07) is 16.9. The maximum Gasteiger partial charge on any atom is 0.244 e. The number of nitrogens with zero attached hydrogens (tertiary/aromatic N) is 2. The second-order valence-electron chi connectivity index (χ2n) is 9.95. The number of sulfonamides is 1. The van der Waals surface area contributed by atoms with Crippen LogP contribution in [0.4, 0.5) is 0 Å². The van der Waals surface area contributed by atoms with Crippen LogP contribution < -0.4 is 0 Å². The Labute approximate surface area is 207 Å². The molecule has 2 heterocycles. The van der Waals surface area contributed by atoms with Gasteiger partial charge in [-0.25, -0.2) is 8.42 Å². The van der Waals surface area contributed by atoms with E-state index < -0.39 is 15.6 Å². The van der Waals surface area contributed by atoms with E-state index in [2.05, 4.69) is 35.7 Å². The summed E-state index contributed by atoms with van der Waals surface area (Å²) in [5, 5.41) is 2.07. The average molecular weight is 497 g/mol. The van der Waals surface area contributed by atoms with Gasteiger partial charge in [0.05, 0.1) is 17.5 Å². The molecule has 5 nitrogen and oxygen atoms in total. The monoisotopic (exact) mass is 496 g/mol. The second kappa shape index (κ2) is 9.29. The van der Waals surface area contributed by atoms with E-state index in [4.69, 9.17) is 0 Å². The van der Waals surface area contributed by atoms with E-state index in [0.29, 0.717) is 6.54 Å². The molecule has 180 valence electrons. The van der Waals surface area contributed by atoms with Gasteiger partial charge in [0, 0.05) is 17.0 Å². The molecule has 2 aromatic carbocycles. The molecule has 0 fully saturated rings. The van der Waals surface area contributed by atoms with Crippen molar-refractivity contribution in [2.24, 2.45) is 0 Å². The molecule has 7 heteroatoms. The number of aryl methyl sites for hydroxylation is 2. The number of benzene rings is 2. The van der Waals surface area contributed by atoms with Crippen molar-refractivity contribution in [3.8, 4) is 0 Å². The van der Waals surface area contributed by atoms with Gasteiger partial charge >= 0.3 is 0 Å². The Morgan fingerprint density at radius 2 is 1.59 bits per heavy atom. The van der Waals surface area contributed by atoms with Crippen LogP contribution >= 0.6 is 11.3 Å². The highest BCUT2D eigenvalue weighted by Gasteiger charge is 2.39. The number of hydrogen-bond donors (Lipinski definition) is 0. The lowest BCUT2D eigenvalue weighted by atomic mass is 9.92. The summed E-state index contributed by atoms with van der Waals surface area (Å²) in [5.74, 6) is -0.187. The van der Waals surface area contributed by atoms with Crippen LogP contribution in [0.5, 0.6) is 0 Å². The normalized spacial score (nSPS) is 16.5. The van der Waals surface area contributed by atoms with Crippen molar-refractivity contribution in [1.82, 2.24) is 9.21 Å². The molecule has 3 aromatic rings. The Hall–Kier alpha value is -2.48.